The second-order valence-corrected chi connectivity index (χ2v) is 7.24. The second-order valence-electron chi connectivity index (χ2n) is 7.24. The first-order valence-corrected chi connectivity index (χ1v) is 9.46. The molecule has 0 aliphatic carbocycles. The van der Waals surface area contributed by atoms with Gasteiger partial charge in [0.15, 0.2) is 17.2 Å². The summed E-state index contributed by atoms with van der Waals surface area (Å²) >= 11 is 0. The molecule has 3 aromatic heterocycles. The van der Waals surface area contributed by atoms with E-state index >= 15 is 0 Å². The number of likely N-dealkylation sites (tertiary alicyclic amines) is 1. The van der Waals surface area contributed by atoms with Gasteiger partial charge < -0.3 is 9.42 Å². The van der Waals surface area contributed by atoms with Gasteiger partial charge >= 0.3 is 0 Å². The van der Waals surface area contributed by atoms with Crippen molar-refractivity contribution in [2.45, 2.75) is 38.1 Å². The van der Waals surface area contributed by atoms with E-state index < -0.39 is 0 Å². The first-order valence-electron chi connectivity index (χ1n) is 9.46. The predicted molar refractivity (Wildman–Crippen MR) is 96.0 cm³/mol. The first kappa shape index (κ1) is 15.7. The van der Waals surface area contributed by atoms with Crippen molar-refractivity contribution < 1.29 is 4.52 Å². The van der Waals surface area contributed by atoms with Crippen LogP contribution in [-0.2, 0) is 6.54 Å². The summed E-state index contributed by atoms with van der Waals surface area (Å²) < 4.78 is 7.18. The van der Waals surface area contributed by atoms with Crippen molar-refractivity contribution in [1.29, 1.82) is 0 Å². The lowest BCUT2D eigenvalue weighted by atomic mass is 9.96. The van der Waals surface area contributed by atoms with Crippen molar-refractivity contribution >= 4 is 11.5 Å². The maximum atomic E-state index is 5.22. The molecule has 0 unspecified atom stereocenters. The highest BCUT2D eigenvalue weighted by molar-refractivity contribution is 5.46. The molecule has 26 heavy (non-hydrogen) atoms. The van der Waals surface area contributed by atoms with Gasteiger partial charge in [-0.05, 0) is 50.9 Å². The van der Waals surface area contributed by atoms with E-state index in [1.54, 1.807) is 6.20 Å². The third-order valence-corrected chi connectivity index (χ3v) is 5.53. The lowest BCUT2D eigenvalue weighted by molar-refractivity contribution is 0.181. The van der Waals surface area contributed by atoms with Crippen molar-refractivity contribution in [3.8, 4) is 0 Å². The Morgan fingerprint density at radius 2 is 1.85 bits per heavy atom. The molecule has 8 nitrogen and oxygen atoms in total. The average molecular weight is 353 g/mol. The molecular formula is C18H23N7O. The van der Waals surface area contributed by atoms with Crippen molar-refractivity contribution in [2.24, 2.45) is 0 Å². The van der Waals surface area contributed by atoms with E-state index in [0.29, 0.717) is 5.92 Å². The van der Waals surface area contributed by atoms with Gasteiger partial charge in [0, 0.05) is 25.1 Å². The summed E-state index contributed by atoms with van der Waals surface area (Å²) in [6.45, 7) is 5.05. The highest BCUT2D eigenvalue weighted by Gasteiger charge is 2.26. The molecule has 136 valence electrons. The summed E-state index contributed by atoms with van der Waals surface area (Å²) in [5.74, 6) is 3.37. The van der Waals surface area contributed by atoms with E-state index in [9.17, 15) is 0 Å². The normalized spacial score (nSPS) is 19.6. The summed E-state index contributed by atoms with van der Waals surface area (Å²) in [7, 11) is 0. The van der Waals surface area contributed by atoms with Crippen LogP contribution in [0.25, 0.3) is 5.65 Å². The van der Waals surface area contributed by atoms with Crippen molar-refractivity contribution in [3.63, 3.8) is 0 Å². The monoisotopic (exact) mass is 353 g/mol. The molecule has 2 saturated heterocycles. The molecule has 2 aliphatic rings. The molecule has 3 aromatic rings. The number of rotatable bonds is 4. The minimum Gasteiger partial charge on any atom is -0.360 e. The van der Waals surface area contributed by atoms with E-state index in [2.05, 4.69) is 31.2 Å². The zero-order chi connectivity index (χ0) is 17.3. The smallest absolute Gasteiger partial charge is 0.178 e. The van der Waals surface area contributed by atoms with Gasteiger partial charge in [0.25, 0.3) is 0 Å². The van der Waals surface area contributed by atoms with Gasteiger partial charge in [0.1, 0.15) is 5.82 Å². The highest BCUT2D eigenvalue weighted by atomic mass is 16.5. The Bertz CT molecular complexity index is 861. The molecule has 5 rings (SSSR count). The van der Waals surface area contributed by atoms with Crippen LogP contribution in [0.4, 0.5) is 5.82 Å². The number of hydrogen-bond donors (Lipinski definition) is 0. The van der Waals surface area contributed by atoms with Crippen LogP contribution in [0.5, 0.6) is 0 Å². The zero-order valence-electron chi connectivity index (χ0n) is 14.8. The maximum absolute atomic E-state index is 5.22. The average Bonchev–Trinajstić information content (AvgIpc) is 3.43. The number of piperidine rings is 1. The lowest BCUT2D eigenvalue weighted by Gasteiger charge is -2.30. The minimum atomic E-state index is 0.400. The molecule has 0 radical (unpaired) electrons. The van der Waals surface area contributed by atoms with Crippen LogP contribution in [0.15, 0.2) is 28.9 Å². The molecular weight excluding hydrogens is 330 g/mol. The van der Waals surface area contributed by atoms with Crippen LogP contribution in [0.3, 0.4) is 0 Å². The Hall–Kier alpha value is -2.48. The standard InChI is InChI=1S/C18H23N7O/c1-2-10-24(9-1)17-4-3-16-20-21-18(25(16)22-17)14-6-11-23(12-7-14)13-15-5-8-19-26-15/h3-5,8,14H,1-2,6-7,9-13H2. The van der Waals surface area contributed by atoms with Gasteiger partial charge in [-0.25, -0.2) is 0 Å². The predicted octanol–water partition coefficient (Wildman–Crippen LogP) is 2.09. The SMILES string of the molecule is c1cc(CN2CCC(c3nnc4ccc(N5CCCC5)nn34)CC2)on1. The molecule has 2 aliphatic heterocycles. The second kappa shape index (κ2) is 6.68. The fourth-order valence-corrected chi connectivity index (χ4v) is 4.06. The van der Waals surface area contributed by atoms with Gasteiger partial charge in [-0.2, -0.15) is 4.52 Å². The summed E-state index contributed by atoms with van der Waals surface area (Å²) in [5.41, 5.74) is 0.840. The molecule has 2 fully saturated rings. The molecule has 8 heteroatoms. The van der Waals surface area contributed by atoms with E-state index in [1.165, 1.54) is 12.8 Å². The van der Waals surface area contributed by atoms with Crippen LogP contribution >= 0.6 is 0 Å². The zero-order valence-corrected chi connectivity index (χ0v) is 14.8. The third kappa shape index (κ3) is 2.94. The van der Waals surface area contributed by atoms with Gasteiger partial charge in [-0.3, -0.25) is 4.90 Å². The van der Waals surface area contributed by atoms with Gasteiger partial charge in [0.05, 0.1) is 12.7 Å². The fraction of sp³-hybridized carbons (Fsp3) is 0.556. The Morgan fingerprint density at radius 3 is 2.62 bits per heavy atom. The molecule has 5 heterocycles. The Morgan fingerprint density at radius 1 is 1.00 bits per heavy atom. The Balaban J connectivity index is 1.32. The largest absolute Gasteiger partial charge is 0.360 e. The number of nitrogens with zero attached hydrogens (tertiary/aromatic N) is 7. The molecule has 0 saturated carbocycles. The van der Waals surface area contributed by atoms with Crippen LogP contribution in [0, 0.1) is 0 Å². The van der Waals surface area contributed by atoms with Crippen molar-refractivity contribution in [3.05, 3.63) is 36.0 Å². The van der Waals surface area contributed by atoms with Gasteiger partial charge in [0.2, 0.25) is 0 Å². The molecule has 0 bridgehead atoms. The molecule has 0 aromatic carbocycles. The molecule has 0 N–H and O–H groups in total. The summed E-state index contributed by atoms with van der Waals surface area (Å²) in [4.78, 5) is 4.76. The summed E-state index contributed by atoms with van der Waals surface area (Å²) in [6.07, 6.45) is 6.32. The van der Waals surface area contributed by atoms with Gasteiger partial charge in [-0.15, -0.1) is 15.3 Å². The van der Waals surface area contributed by atoms with Gasteiger partial charge in [-0.1, -0.05) is 5.16 Å². The first-order chi connectivity index (χ1) is 12.9. The number of anilines is 1. The Kier molecular flexibility index (Phi) is 4.05. The van der Waals surface area contributed by atoms with Crippen LogP contribution in [0.2, 0.25) is 0 Å². The van der Waals surface area contributed by atoms with E-state index in [1.807, 2.05) is 16.6 Å². The van der Waals surface area contributed by atoms with Crippen LogP contribution in [-0.4, -0.2) is 56.0 Å². The lowest BCUT2D eigenvalue weighted by Crippen LogP contribution is -2.33. The molecule has 0 atom stereocenters. The quantitative estimate of drug-likeness (QED) is 0.711. The van der Waals surface area contributed by atoms with Crippen molar-refractivity contribution in [2.75, 3.05) is 31.1 Å². The van der Waals surface area contributed by atoms with Crippen LogP contribution < -0.4 is 4.90 Å². The summed E-state index contributed by atoms with van der Waals surface area (Å²) in [5, 5.41) is 17.4. The third-order valence-electron chi connectivity index (χ3n) is 5.53. The number of aromatic nitrogens is 5. The minimum absolute atomic E-state index is 0.400. The topological polar surface area (TPSA) is 75.6 Å². The molecule has 0 spiro atoms. The van der Waals surface area contributed by atoms with E-state index in [4.69, 9.17) is 9.62 Å². The highest BCUT2D eigenvalue weighted by Crippen LogP contribution is 2.28. The molecule has 0 amide bonds. The van der Waals surface area contributed by atoms with Crippen LogP contribution in [0.1, 0.15) is 43.2 Å². The number of fused-ring (bicyclic) bond motifs is 1. The van der Waals surface area contributed by atoms with E-state index in [0.717, 1.165) is 68.6 Å². The number of hydrogen-bond acceptors (Lipinski definition) is 7. The van der Waals surface area contributed by atoms with Crippen molar-refractivity contribution in [1.82, 2.24) is 29.9 Å². The maximum Gasteiger partial charge on any atom is 0.178 e. The Labute approximate surface area is 151 Å². The summed E-state index contributed by atoms with van der Waals surface area (Å²) in [6, 6.07) is 6.04. The van der Waals surface area contributed by atoms with E-state index in [-0.39, 0.29) is 0 Å². The fourth-order valence-electron chi connectivity index (χ4n) is 4.06.